The standard InChI is InChI=1S/C28H18O5/c29-27(30)22-16-23(28(31)32)18-24(17-22)33-26-13-7-5-11-21(26)15-14-20-10-4-6-12-25(20)19-8-2-1-3-9-19/h1-13,16-18H,(H,29,30)(H,31,32). The predicted molar refractivity (Wildman–Crippen MR) is 125 cm³/mol. The van der Waals surface area contributed by atoms with Crippen LogP contribution in [0.3, 0.4) is 0 Å². The van der Waals surface area contributed by atoms with Crippen LogP contribution in [0.25, 0.3) is 11.1 Å². The van der Waals surface area contributed by atoms with Crippen LogP contribution in [0.2, 0.25) is 0 Å². The van der Waals surface area contributed by atoms with Gasteiger partial charge >= 0.3 is 11.9 Å². The maximum Gasteiger partial charge on any atom is 0.335 e. The van der Waals surface area contributed by atoms with E-state index < -0.39 is 11.9 Å². The van der Waals surface area contributed by atoms with Gasteiger partial charge in [0.2, 0.25) is 0 Å². The molecule has 160 valence electrons. The Morgan fingerprint density at radius 3 is 1.85 bits per heavy atom. The Balaban J connectivity index is 1.70. The number of ether oxygens (including phenoxy) is 1. The van der Waals surface area contributed by atoms with Gasteiger partial charge in [-0.25, -0.2) is 9.59 Å². The molecule has 0 aliphatic heterocycles. The number of para-hydroxylation sites is 1. The molecule has 4 rings (SSSR count). The molecule has 4 aromatic rings. The molecular formula is C28H18O5. The normalized spacial score (nSPS) is 10.1. The zero-order valence-electron chi connectivity index (χ0n) is 17.4. The van der Waals surface area contributed by atoms with Crippen LogP contribution in [0, 0.1) is 11.8 Å². The summed E-state index contributed by atoms with van der Waals surface area (Å²) in [7, 11) is 0. The third kappa shape index (κ3) is 5.09. The second kappa shape index (κ2) is 9.54. The number of benzene rings is 4. The first kappa shape index (κ1) is 21.4. The van der Waals surface area contributed by atoms with Crippen LogP contribution in [-0.4, -0.2) is 22.2 Å². The molecule has 0 bridgehead atoms. The maximum atomic E-state index is 11.4. The van der Waals surface area contributed by atoms with Crippen molar-refractivity contribution in [1.82, 2.24) is 0 Å². The lowest BCUT2D eigenvalue weighted by Gasteiger charge is -2.10. The van der Waals surface area contributed by atoms with Gasteiger partial charge in [0.15, 0.2) is 0 Å². The highest BCUT2D eigenvalue weighted by atomic mass is 16.5. The number of aromatic carboxylic acids is 2. The van der Waals surface area contributed by atoms with Gasteiger partial charge in [-0.05, 0) is 47.5 Å². The van der Waals surface area contributed by atoms with E-state index in [0.717, 1.165) is 22.8 Å². The number of rotatable bonds is 5. The quantitative estimate of drug-likeness (QED) is 0.380. The number of hydrogen-bond donors (Lipinski definition) is 2. The monoisotopic (exact) mass is 434 g/mol. The summed E-state index contributed by atoms with van der Waals surface area (Å²) in [5, 5.41) is 18.6. The fourth-order valence-electron chi connectivity index (χ4n) is 3.29. The third-order valence-corrected chi connectivity index (χ3v) is 4.86. The highest BCUT2D eigenvalue weighted by Gasteiger charge is 2.13. The first-order valence-electron chi connectivity index (χ1n) is 10.1. The van der Waals surface area contributed by atoms with Crippen LogP contribution in [0.1, 0.15) is 31.8 Å². The molecule has 0 radical (unpaired) electrons. The van der Waals surface area contributed by atoms with E-state index in [9.17, 15) is 19.8 Å². The van der Waals surface area contributed by atoms with Gasteiger partial charge in [-0.1, -0.05) is 72.5 Å². The Morgan fingerprint density at radius 2 is 1.18 bits per heavy atom. The molecule has 4 aromatic carbocycles. The third-order valence-electron chi connectivity index (χ3n) is 4.86. The van der Waals surface area contributed by atoms with Gasteiger partial charge in [0, 0.05) is 5.56 Å². The average Bonchev–Trinajstić information content (AvgIpc) is 2.84. The van der Waals surface area contributed by atoms with Crippen molar-refractivity contribution in [2.24, 2.45) is 0 Å². The highest BCUT2D eigenvalue weighted by molar-refractivity contribution is 5.94. The Hall–Kier alpha value is -4.82. The van der Waals surface area contributed by atoms with Crippen molar-refractivity contribution in [3.05, 3.63) is 119 Å². The van der Waals surface area contributed by atoms with E-state index in [1.807, 2.05) is 60.7 Å². The predicted octanol–water partition coefficient (Wildman–Crippen LogP) is 5.94. The minimum absolute atomic E-state index is 0.103. The van der Waals surface area contributed by atoms with E-state index in [2.05, 4.69) is 11.8 Å². The van der Waals surface area contributed by atoms with Crippen molar-refractivity contribution in [2.75, 3.05) is 0 Å². The Labute approximate surface area is 190 Å². The van der Waals surface area contributed by atoms with Crippen LogP contribution < -0.4 is 4.74 Å². The molecule has 0 aliphatic carbocycles. The lowest BCUT2D eigenvalue weighted by Crippen LogP contribution is -2.03. The second-order valence-electron chi connectivity index (χ2n) is 7.12. The maximum absolute atomic E-state index is 11.4. The zero-order valence-corrected chi connectivity index (χ0v) is 17.4. The summed E-state index contributed by atoms with van der Waals surface area (Å²) in [6.45, 7) is 0. The molecule has 0 saturated heterocycles. The lowest BCUT2D eigenvalue weighted by molar-refractivity contribution is 0.0696. The summed E-state index contributed by atoms with van der Waals surface area (Å²) >= 11 is 0. The lowest BCUT2D eigenvalue weighted by atomic mass is 10.00. The highest BCUT2D eigenvalue weighted by Crippen LogP contribution is 2.28. The van der Waals surface area contributed by atoms with Crippen LogP contribution in [0.5, 0.6) is 11.5 Å². The van der Waals surface area contributed by atoms with Crippen molar-refractivity contribution in [1.29, 1.82) is 0 Å². The minimum atomic E-state index is -1.24. The fourth-order valence-corrected chi connectivity index (χ4v) is 3.29. The van der Waals surface area contributed by atoms with Gasteiger partial charge in [-0.2, -0.15) is 0 Å². The molecule has 0 fully saturated rings. The molecular weight excluding hydrogens is 416 g/mol. The molecule has 33 heavy (non-hydrogen) atoms. The Morgan fingerprint density at radius 1 is 0.636 bits per heavy atom. The largest absolute Gasteiger partial charge is 0.478 e. The first-order chi connectivity index (χ1) is 16.0. The number of carbonyl (C=O) groups is 2. The molecule has 0 saturated carbocycles. The summed E-state index contributed by atoms with van der Waals surface area (Å²) in [4.78, 5) is 22.8. The van der Waals surface area contributed by atoms with Gasteiger partial charge in [0.25, 0.3) is 0 Å². The number of carboxylic acid groups (broad SMARTS) is 2. The molecule has 0 unspecified atom stereocenters. The summed E-state index contributed by atoms with van der Waals surface area (Å²) < 4.78 is 5.87. The van der Waals surface area contributed by atoms with E-state index in [4.69, 9.17) is 4.74 Å². The van der Waals surface area contributed by atoms with Gasteiger partial charge < -0.3 is 14.9 Å². The first-order valence-corrected chi connectivity index (χ1v) is 10.1. The van der Waals surface area contributed by atoms with E-state index in [1.165, 1.54) is 12.1 Å². The van der Waals surface area contributed by atoms with E-state index >= 15 is 0 Å². The van der Waals surface area contributed by atoms with Crippen molar-refractivity contribution in [3.63, 3.8) is 0 Å². The number of carboxylic acids is 2. The van der Waals surface area contributed by atoms with Crippen LogP contribution in [-0.2, 0) is 0 Å². The summed E-state index contributed by atoms with van der Waals surface area (Å²) in [6, 6.07) is 28.5. The smallest absolute Gasteiger partial charge is 0.335 e. The van der Waals surface area contributed by atoms with Crippen molar-refractivity contribution < 1.29 is 24.5 Å². The topological polar surface area (TPSA) is 83.8 Å². The van der Waals surface area contributed by atoms with Crippen molar-refractivity contribution in [3.8, 4) is 34.5 Å². The van der Waals surface area contributed by atoms with E-state index in [0.29, 0.717) is 11.3 Å². The summed E-state index contributed by atoms with van der Waals surface area (Å²) in [5.74, 6) is 4.33. The van der Waals surface area contributed by atoms with Gasteiger partial charge in [0.05, 0.1) is 16.7 Å². The molecule has 0 atom stereocenters. The second-order valence-corrected chi connectivity index (χ2v) is 7.12. The molecule has 0 aromatic heterocycles. The van der Waals surface area contributed by atoms with Gasteiger partial charge in [-0.15, -0.1) is 0 Å². The van der Waals surface area contributed by atoms with Crippen molar-refractivity contribution >= 4 is 11.9 Å². The molecule has 5 nitrogen and oxygen atoms in total. The summed E-state index contributed by atoms with van der Waals surface area (Å²) in [6.07, 6.45) is 0. The molecule has 0 heterocycles. The van der Waals surface area contributed by atoms with Crippen LogP contribution in [0.4, 0.5) is 0 Å². The van der Waals surface area contributed by atoms with Crippen LogP contribution in [0.15, 0.2) is 97.1 Å². The molecule has 5 heteroatoms. The fraction of sp³-hybridized carbons (Fsp3) is 0. The number of hydrogen-bond acceptors (Lipinski definition) is 3. The SMILES string of the molecule is O=C(O)c1cc(Oc2ccccc2C#Cc2ccccc2-c2ccccc2)cc(C(=O)O)c1. The average molecular weight is 434 g/mol. The minimum Gasteiger partial charge on any atom is -0.478 e. The van der Waals surface area contributed by atoms with Gasteiger partial charge in [-0.3, -0.25) is 0 Å². The molecule has 0 aliphatic rings. The Kier molecular flexibility index (Phi) is 6.19. The molecule has 2 N–H and O–H groups in total. The van der Waals surface area contributed by atoms with E-state index in [-0.39, 0.29) is 16.9 Å². The van der Waals surface area contributed by atoms with E-state index in [1.54, 1.807) is 18.2 Å². The molecule has 0 spiro atoms. The van der Waals surface area contributed by atoms with Gasteiger partial charge in [0.1, 0.15) is 11.5 Å². The van der Waals surface area contributed by atoms with Crippen molar-refractivity contribution in [2.45, 2.75) is 0 Å². The zero-order chi connectivity index (χ0) is 23.2. The van der Waals surface area contributed by atoms with Crippen LogP contribution >= 0.6 is 0 Å². The molecule has 0 amide bonds. The Bertz CT molecular complexity index is 1360. The summed E-state index contributed by atoms with van der Waals surface area (Å²) in [5.41, 5.74) is 3.14.